The Morgan fingerprint density at radius 3 is 2.69 bits per heavy atom. The molecule has 138 valence electrons. The number of nitrogen functional groups attached to an aromatic ring is 1. The van der Waals surface area contributed by atoms with Gasteiger partial charge in [-0.05, 0) is 13.8 Å². The van der Waals surface area contributed by atoms with Crippen molar-refractivity contribution in [3.8, 4) is 11.3 Å². The molecule has 2 aromatic rings. The van der Waals surface area contributed by atoms with Crippen molar-refractivity contribution in [3.05, 3.63) is 42.1 Å². The number of carbonyl (C=O) groups is 1. The summed E-state index contributed by atoms with van der Waals surface area (Å²) in [5.74, 6) is -0.0801. The van der Waals surface area contributed by atoms with E-state index in [0.29, 0.717) is 17.3 Å². The van der Waals surface area contributed by atoms with Gasteiger partial charge in [0, 0.05) is 38.0 Å². The van der Waals surface area contributed by atoms with Gasteiger partial charge in [-0.2, -0.15) is 0 Å². The summed E-state index contributed by atoms with van der Waals surface area (Å²) < 4.78 is 5.57. The fourth-order valence-electron chi connectivity index (χ4n) is 3.23. The first-order chi connectivity index (χ1) is 12.5. The summed E-state index contributed by atoms with van der Waals surface area (Å²) in [6.45, 7) is 5.82. The van der Waals surface area contributed by atoms with E-state index >= 15 is 0 Å². The average molecular weight is 355 g/mol. The number of benzene rings is 1. The lowest BCUT2D eigenvalue weighted by Crippen LogP contribution is -2.44. The van der Waals surface area contributed by atoms with Gasteiger partial charge >= 0.3 is 0 Å². The van der Waals surface area contributed by atoms with Crippen molar-refractivity contribution in [1.29, 1.82) is 0 Å². The zero-order valence-corrected chi connectivity index (χ0v) is 15.3. The van der Waals surface area contributed by atoms with Crippen molar-refractivity contribution in [2.45, 2.75) is 32.0 Å². The summed E-state index contributed by atoms with van der Waals surface area (Å²) in [7, 11) is 1.68. The van der Waals surface area contributed by atoms with E-state index in [0.717, 1.165) is 18.7 Å². The highest BCUT2D eigenvalue weighted by Gasteiger charge is 2.35. The molecule has 2 atom stereocenters. The lowest BCUT2D eigenvalue weighted by molar-refractivity contribution is 0.0753. The molecule has 0 aliphatic carbocycles. The number of aromatic nitrogens is 2. The molecule has 1 aliphatic heterocycles. The molecule has 26 heavy (non-hydrogen) atoms. The van der Waals surface area contributed by atoms with Gasteiger partial charge in [0.2, 0.25) is 5.95 Å². The van der Waals surface area contributed by atoms with Crippen molar-refractivity contribution in [1.82, 2.24) is 20.2 Å². The van der Waals surface area contributed by atoms with Crippen LogP contribution < -0.4 is 11.1 Å². The molecule has 2 heterocycles. The van der Waals surface area contributed by atoms with Crippen molar-refractivity contribution in [3.63, 3.8) is 0 Å². The number of hydrogen-bond donors (Lipinski definition) is 2. The van der Waals surface area contributed by atoms with Gasteiger partial charge in [0.15, 0.2) is 0 Å². The minimum Gasteiger partial charge on any atom is -0.378 e. The van der Waals surface area contributed by atoms with Gasteiger partial charge in [0.1, 0.15) is 0 Å². The standard InChI is InChI=1S/C19H25N5O2/c1-12(2)24-10-15(16(11-24)26-3)22-18(25)14-9-21-19(20)23-17(14)13-7-5-4-6-8-13/h4-9,12,15-16H,10-11H2,1-3H3,(H,22,25)(H2,20,21,23). The molecule has 0 saturated carbocycles. The third kappa shape index (κ3) is 3.84. The van der Waals surface area contributed by atoms with Crippen LogP contribution in [0.5, 0.6) is 0 Å². The Bertz CT molecular complexity index is 766. The number of amides is 1. The van der Waals surface area contributed by atoms with Gasteiger partial charge < -0.3 is 15.8 Å². The van der Waals surface area contributed by atoms with Gasteiger partial charge in [-0.1, -0.05) is 30.3 Å². The van der Waals surface area contributed by atoms with Crippen LogP contribution in [0.25, 0.3) is 11.3 Å². The molecule has 1 aromatic carbocycles. The Morgan fingerprint density at radius 2 is 2.04 bits per heavy atom. The summed E-state index contributed by atoms with van der Waals surface area (Å²) in [5.41, 5.74) is 7.50. The van der Waals surface area contributed by atoms with Crippen LogP contribution >= 0.6 is 0 Å². The Balaban J connectivity index is 1.84. The summed E-state index contributed by atoms with van der Waals surface area (Å²) in [6, 6.07) is 9.81. The molecule has 1 aromatic heterocycles. The Labute approximate surface area is 153 Å². The van der Waals surface area contributed by atoms with Gasteiger partial charge in [-0.3, -0.25) is 9.69 Å². The van der Waals surface area contributed by atoms with Crippen LogP contribution in [-0.2, 0) is 4.74 Å². The highest BCUT2D eigenvalue weighted by molar-refractivity contribution is 6.00. The maximum absolute atomic E-state index is 12.9. The number of nitrogens with one attached hydrogen (secondary N) is 1. The van der Waals surface area contributed by atoms with Crippen LogP contribution in [0, 0.1) is 0 Å². The van der Waals surface area contributed by atoms with Gasteiger partial charge in [-0.25, -0.2) is 9.97 Å². The highest BCUT2D eigenvalue weighted by Crippen LogP contribution is 2.22. The minimum atomic E-state index is -0.221. The van der Waals surface area contributed by atoms with Gasteiger partial charge in [-0.15, -0.1) is 0 Å². The van der Waals surface area contributed by atoms with Gasteiger partial charge in [0.25, 0.3) is 5.91 Å². The zero-order chi connectivity index (χ0) is 18.7. The maximum atomic E-state index is 12.9. The molecular weight excluding hydrogens is 330 g/mol. The molecule has 1 aliphatic rings. The summed E-state index contributed by atoms with van der Waals surface area (Å²) in [5, 5.41) is 3.08. The molecule has 0 spiro atoms. The Hall–Kier alpha value is -2.51. The Kier molecular flexibility index (Phi) is 5.49. The second-order valence-electron chi connectivity index (χ2n) is 6.76. The van der Waals surface area contributed by atoms with Crippen molar-refractivity contribution < 1.29 is 9.53 Å². The van der Waals surface area contributed by atoms with E-state index in [1.807, 2.05) is 30.3 Å². The van der Waals surface area contributed by atoms with Crippen LogP contribution in [0.15, 0.2) is 36.5 Å². The summed E-state index contributed by atoms with van der Waals surface area (Å²) in [6.07, 6.45) is 1.44. The first kappa shape index (κ1) is 18.3. The van der Waals surface area contributed by atoms with Gasteiger partial charge in [0.05, 0.1) is 23.4 Å². The second kappa shape index (κ2) is 7.80. The number of carbonyl (C=O) groups excluding carboxylic acids is 1. The molecule has 0 radical (unpaired) electrons. The lowest BCUT2D eigenvalue weighted by atomic mass is 10.1. The fraction of sp³-hybridized carbons (Fsp3) is 0.421. The van der Waals surface area contributed by atoms with E-state index in [9.17, 15) is 4.79 Å². The zero-order valence-electron chi connectivity index (χ0n) is 15.3. The van der Waals surface area contributed by atoms with E-state index in [-0.39, 0.29) is 24.0 Å². The molecule has 1 saturated heterocycles. The lowest BCUT2D eigenvalue weighted by Gasteiger charge is -2.20. The number of methoxy groups -OCH3 is 1. The maximum Gasteiger partial charge on any atom is 0.255 e. The molecular formula is C19H25N5O2. The predicted molar refractivity (Wildman–Crippen MR) is 101 cm³/mol. The van der Waals surface area contributed by atoms with E-state index in [1.54, 1.807) is 7.11 Å². The third-order valence-electron chi connectivity index (χ3n) is 4.74. The Morgan fingerprint density at radius 1 is 1.31 bits per heavy atom. The molecule has 7 nitrogen and oxygen atoms in total. The summed E-state index contributed by atoms with van der Waals surface area (Å²) in [4.78, 5) is 23.5. The van der Waals surface area contributed by atoms with Crippen LogP contribution in [0.3, 0.4) is 0 Å². The number of nitrogens with zero attached hydrogens (tertiary/aromatic N) is 3. The van der Waals surface area contributed by atoms with Crippen LogP contribution in [0.1, 0.15) is 24.2 Å². The molecule has 2 unspecified atom stereocenters. The molecule has 7 heteroatoms. The largest absolute Gasteiger partial charge is 0.378 e. The number of likely N-dealkylation sites (tertiary alicyclic amines) is 1. The quantitative estimate of drug-likeness (QED) is 0.845. The van der Waals surface area contributed by atoms with E-state index in [1.165, 1.54) is 6.20 Å². The normalized spacial score (nSPS) is 20.5. The minimum absolute atomic E-state index is 0.0452. The first-order valence-corrected chi connectivity index (χ1v) is 8.75. The smallest absolute Gasteiger partial charge is 0.255 e. The highest BCUT2D eigenvalue weighted by atomic mass is 16.5. The predicted octanol–water partition coefficient (Wildman–Crippen LogP) is 1.56. The SMILES string of the molecule is COC1CN(C(C)C)CC1NC(=O)c1cnc(N)nc1-c1ccccc1. The summed E-state index contributed by atoms with van der Waals surface area (Å²) >= 11 is 0. The van der Waals surface area contributed by atoms with E-state index in [4.69, 9.17) is 10.5 Å². The average Bonchev–Trinajstić information content (AvgIpc) is 3.05. The van der Waals surface area contributed by atoms with Crippen LogP contribution in [0.2, 0.25) is 0 Å². The molecule has 1 fully saturated rings. The number of hydrogen-bond acceptors (Lipinski definition) is 6. The van der Waals surface area contributed by atoms with Crippen molar-refractivity contribution in [2.24, 2.45) is 0 Å². The fourth-order valence-corrected chi connectivity index (χ4v) is 3.23. The van der Waals surface area contributed by atoms with Crippen LogP contribution in [0.4, 0.5) is 5.95 Å². The number of anilines is 1. The van der Waals surface area contributed by atoms with Crippen molar-refractivity contribution in [2.75, 3.05) is 25.9 Å². The number of nitrogens with two attached hydrogens (primary N) is 1. The monoisotopic (exact) mass is 355 g/mol. The van der Waals surface area contributed by atoms with E-state index in [2.05, 4.69) is 34.0 Å². The number of rotatable bonds is 5. The molecule has 3 rings (SSSR count). The molecule has 3 N–H and O–H groups in total. The van der Waals surface area contributed by atoms with Crippen LogP contribution in [-0.4, -0.2) is 59.2 Å². The number of ether oxygens (including phenoxy) is 1. The second-order valence-corrected chi connectivity index (χ2v) is 6.76. The first-order valence-electron chi connectivity index (χ1n) is 8.75. The molecule has 1 amide bonds. The van der Waals surface area contributed by atoms with Crippen molar-refractivity contribution >= 4 is 11.9 Å². The third-order valence-corrected chi connectivity index (χ3v) is 4.74. The molecule has 0 bridgehead atoms. The topological polar surface area (TPSA) is 93.4 Å². The van der Waals surface area contributed by atoms with E-state index < -0.39 is 0 Å².